The number of aromatic nitrogens is 1. The fourth-order valence-corrected chi connectivity index (χ4v) is 4.84. The van der Waals surface area contributed by atoms with E-state index in [1.165, 1.54) is 13.2 Å². The number of hydrogen-bond acceptors (Lipinski definition) is 4. The van der Waals surface area contributed by atoms with Crippen molar-refractivity contribution in [2.24, 2.45) is 0 Å². The first kappa shape index (κ1) is 22.0. The van der Waals surface area contributed by atoms with E-state index in [1.807, 2.05) is 30.5 Å². The molecule has 3 aromatic rings. The second-order valence-electron chi connectivity index (χ2n) is 8.27. The molecule has 0 saturated carbocycles. The quantitative estimate of drug-likeness (QED) is 0.466. The maximum absolute atomic E-state index is 12.9. The van der Waals surface area contributed by atoms with Gasteiger partial charge in [-0.2, -0.15) is 0 Å². The van der Waals surface area contributed by atoms with Crippen molar-refractivity contribution in [1.29, 1.82) is 0 Å². The van der Waals surface area contributed by atoms with Crippen molar-refractivity contribution < 1.29 is 27.4 Å². The van der Waals surface area contributed by atoms with Gasteiger partial charge in [0.2, 0.25) is 0 Å². The van der Waals surface area contributed by atoms with Gasteiger partial charge >= 0.3 is 6.36 Å². The van der Waals surface area contributed by atoms with Gasteiger partial charge in [0.15, 0.2) is 5.60 Å². The zero-order valence-corrected chi connectivity index (χ0v) is 18.6. The van der Waals surface area contributed by atoms with Gasteiger partial charge in [-0.15, -0.1) is 13.2 Å². The largest absolute Gasteiger partial charge is 0.573 e. The van der Waals surface area contributed by atoms with Gasteiger partial charge in [-0.3, -0.25) is 4.90 Å². The first-order valence-electron chi connectivity index (χ1n) is 10.6. The number of fused-ring (bicyclic) bond motifs is 4. The molecule has 0 unspecified atom stereocenters. The number of methoxy groups -OCH3 is 1. The summed E-state index contributed by atoms with van der Waals surface area (Å²) in [4.78, 5) is 2.11. The summed E-state index contributed by atoms with van der Waals surface area (Å²) in [5, 5.41) is 0.605. The third-order valence-electron chi connectivity index (χ3n) is 6.26. The fraction of sp³-hybridized carbons (Fsp3) is 0.333. The lowest BCUT2D eigenvalue weighted by atomic mass is 9.86. The Hall–Kier alpha value is -2.84. The molecule has 0 radical (unpaired) electrons. The number of rotatable bonds is 4. The number of piperidine rings is 1. The van der Waals surface area contributed by atoms with Gasteiger partial charge in [-0.25, -0.2) is 0 Å². The number of hydrogen-bond donors (Lipinski definition) is 0. The van der Waals surface area contributed by atoms with Crippen LogP contribution in [-0.4, -0.2) is 36.0 Å². The van der Waals surface area contributed by atoms with Gasteiger partial charge < -0.3 is 18.8 Å². The first-order chi connectivity index (χ1) is 15.8. The van der Waals surface area contributed by atoms with Crippen LogP contribution in [0.2, 0.25) is 5.02 Å². The second-order valence-corrected chi connectivity index (χ2v) is 8.71. The molecule has 1 fully saturated rings. The maximum atomic E-state index is 12.9. The molecule has 1 saturated heterocycles. The Bertz CT molecular complexity index is 1170. The maximum Gasteiger partial charge on any atom is 0.573 e. The Kier molecular flexibility index (Phi) is 5.45. The average molecular weight is 479 g/mol. The minimum absolute atomic E-state index is 0.242. The van der Waals surface area contributed by atoms with Gasteiger partial charge in [0.1, 0.15) is 17.2 Å². The molecule has 3 heterocycles. The number of alkyl halides is 3. The van der Waals surface area contributed by atoms with Gasteiger partial charge in [0, 0.05) is 61.4 Å². The minimum atomic E-state index is -4.77. The van der Waals surface area contributed by atoms with Crippen LogP contribution in [0.1, 0.15) is 24.1 Å². The number of benzene rings is 2. The number of likely N-dealkylation sites (tertiary alicyclic amines) is 1. The normalized spacial score (nSPS) is 17.2. The van der Waals surface area contributed by atoms with Crippen molar-refractivity contribution in [3.63, 3.8) is 0 Å². The molecule has 1 aromatic heterocycles. The summed E-state index contributed by atoms with van der Waals surface area (Å²) < 4.78 is 56.8. The van der Waals surface area contributed by atoms with Gasteiger partial charge in [0.05, 0.1) is 18.5 Å². The predicted molar refractivity (Wildman–Crippen MR) is 117 cm³/mol. The van der Waals surface area contributed by atoms with E-state index >= 15 is 0 Å². The molecule has 2 aliphatic rings. The van der Waals surface area contributed by atoms with Crippen LogP contribution in [0, 0.1) is 0 Å². The molecule has 2 aromatic carbocycles. The van der Waals surface area contributed by atoms with Crippen molar-refractivity contribution in [3.05, 3.63) is 71.0 Å². The molecule has 0 N–H and O–H groups in total. The van der Waals surface area contributed by atoms with Crippen molar-refractivity contribution >= 4 is 11.6 Å². The molecule has 9 heteroatoms. The van der Waals surface area contributed by atoms with E-state index in [1.54, 1.807) is 12.1 Å². The van der Waals surface area contributed by atoms with Crippen molar-refractivity contribution in [1.82, 2.24) is 9.47 Å². The van der Waals surface area contributed by atoms with Crippen molar-refractivity contribution in [3.8, 4) is 22.9 Å². The Morgan fingerprint density at radius 2 is 1.88 bits per heavy atom. The third-order valence-corrected chi connectivity index (χ3v) is 6.50. The SMILES string of the molecule is COc1ccc(CN2CCC3(CC2)Oc2cc(Cl)ccc2-n2cccc23)c(OC(F)(F)F)c1. The van der Waals surface area contributed by atoms with Crippen LogP contribution >= 0.6 is 11.6 Å². The molecule has 0 aliphatic carbocycles. The predicted octanol–water partition coefficient (Wildman–Crippen LogP) is 5.92. The van der Waals surface area contributed by atoms with Crippen LogP contribution in [0.5, 0.6) is 17.2 Å². The van der Waals surface area contributed by atoms with E-state index < -0.39 is 12.0 Å². The molecule has 5 nitrogen and oxygen atoms in total. The topological polar surface area (TPSA) is 35.9 Å². The smallest absolute Gasteiger partial charge is 0.497 e. The summed E-state index contributed by atoms with van der Waals surface area (Å²) in [6.07, 6.45) is -1.39. The Balaban J connectivity index is 1.35. The molecule has 2 aliphatic heterocycles. The highest BCUT2D eigenvalue weighted by molar-refractivity contribution is 6.30. The second kappa shape index (κ2) is 8.18. The van der Waals surface area contributed by atoms with Crippen LogP contribution in [-0.2, 0) is 12.1 Å². The lowest BCUT2D eigenvalue weighted by Crippen LogP contribution is -2.48. The van der Waals surface area contributed by atoms with Gasteiger partial charge in [-0.1, -0.05) is 17.7 Å². The Labute approximate surface area is 194 Å². The van der Waals surface area contributed by atoms with Crippen molar-refractivity contribution in [2.75, 3.05) is 20.2 Å². The molecular weight excluding hydrogens is 457 g/mol. The monoisotopic (exact) mass is 478 g/mol. The highest BCUT2D eigenvalue weighted by Crippen LogP contribution is 2.46. The minimum Gasteiger partial charge on any atom is -0.497 e. The number of halogens is 4. The van der Waals surface area contributed by atoms with Crippen LogP contribution < -0.4 is 14.2 Å². The van der Waals surface area contributed by atoms with E-state index in [-0.39, 0.29) is 5.75 Å². The lowest BCUT2D eigenvalue weighted by Gasteiger charge is -2.45. The summed E-state index contributed by atoms with van der Waals surface area (Å²) in [7, 11) is 1.40. The van der Waals surface area contributed by atoms with E-state index in [0.717, 1.165) is 17.1 Å². The molecule has 174 valence electrons. The summed E-state index contributed by atoms with van der Waals surface area (Å²) in [6.45, 7) is 1.63. The standard InChI is InChI=1S/C24H22ClF3N2O3/c1-31-18-6-4-16(20(14-18)33-24(26,27)28)15-29-11-8-23(9-12-29)22-3-2-10-30(22)19-7-5-17(25)13-21(19)32-23/h2-7,10,13-14H,8-9,11-12,15H2,1H3. The molecule has 33 heavy (non-hydrogen) atoms. The highest BCUT2D eigenvalue weighted by atomic mass is 35.5. The Morgan fingerprint density at radius 1 is 1.09 bits per heavy atom. The summed E-state index contributed by atoms with van der Waals surface area (Å²) >= 11 is 6.20. The number of ether oxygens (including phenoxy) is 3. The van der Waals surface area contributed by atoms with Crippen molar-refractivity contribution in [2.45, 2.75) is 31.3 Å². The van der Waals surface area contributed by atoms with Crippen LogP contribution in [0.3, 0.4) is 0 Å². The Morgan fingerprint density at radius 3 is 2.61 bits per heavy atom. The van der Waals surface area contributed by atoms with E-state index in [0.29, 0.717) is 48.8 Å². The highest BCUT2D eigenvalue weighted by Gasteiger charge is 2.44. The zero-order valence-electron chi connectivity index (χ0n) is 17.9. The molecule has 0 atom stereocenters. The first-order valence-corrected chi connectivity index (χ1v) is 11.0. The van der Waals surface area contributed by atoms with E-state index in [9.17, 15) is 13.2 Å². The lowest BCUT2D eigenvalue weighted by molar-refractivity contribution is -0.275. The van der Waals surface area contributed by atoms with Crippen LogP contribution in [0.4, 0.5) is 13.2 Å². The van der Waals surface area contributed by atoms with Crippen LogP contribution in [0.25, 0.3) is 5.69 Å². The van der Waals surface area contributed by atoms with E-state index in [4.69, 9.17) is 21.1 Å². The summed E-state index contributed by atoms with van der Waals surface area (Å²) in [6, 6.07) is 14.2. The fourth-order valence-electron chi connectivity index (χ4n) is 4.68. The van der Waals surface area contributed by atoms with E-state index in [2.05, 4.69) is 20.3 Å². The molecular formula is C24H22ClF3N2O3. The van der Waals surface area contributed by atoms with Gasteiger partial charge in [0.25, 0.3) is 0 Å². The summed E-state index contributed by atoms with van der Waals surface area (Å²) in [5.74, 6) is 0.799. The molecule has 1 spiro atoms. The average Bonchev–Trinajstić information content (AvgIpc) is 3.26. The summed E-state index contributed by atoms with van der Waals surface area (Å²) in [5.41, 5.74) is 1.96. The van der Waals surface area contributed by atoms with Crippen LogP contribution in [0.15, 0.2) is 54.7 Å². The number of nitrogens with zero attached hydrogens (tertiary/aromatic N) is 2. The molecule has 0 amide bonds. The molecule has 5 rings (SSSR count). The third kappa shape index (κ3) is 4.25. The molecule has 0 bridgehead atoms. The zero-order chi connectivity index (χ0) is 23.2. The van der Waals surface area contributed by atoms with Gasteiger partial charge in [-0.05, 0) is 30.3 Å².